The second-order valence-corrected chi connectivity index (χ2v) is 6.08. The molecule has 1 N–H and O–H groups in total. The molecule has 0 radical (unpaired) electrons. The van der Waals surface area contributed by atoms with E-state index in [1.54, 1.807) is 43.4 Å². The number of carbonyl (C=O) groups is 1. The zero-order valence-corrected chi connectivity index (χ0v) is 13.2. The predicted molar refractivity (Wildman–Crippen MR) is 89.3 cm³/mol. The predicted octanol–water partition coefficient (Wildman–Crippen LogP) is 2.98. The SMILES string of the molecule is Cc1ccc2oc3c(c(=O)c2c1)C(c1ccc(O)cc1)N(C)C3=O. The van der Waals surface area contributed by atoms with Gasteiger partial charge < -0.3 is 14.4 Å². The van der Waals surface area contributed by atoms with E-state index in [9.17, 15) is 14.7 Å². The van der Waals surface area contributed by atoms with E-state index in [0.29, 0.717) is 16.5 Å². The molecule has 0 fully saturated rings. The molecule has 0 aliphatic carbocycles. The number of fused-ring (bicyclic) bond motifs is 2. The van der Waals surface area contributed by atoms with Gasteiger partial charge in [-0.3, -0.25) is 9.59 Å². The van der Waals surface area contributed by atoms with Crippen LogP contribution in [0.3, 0.4) is 0 Å². The van der Waals surface area contributed by atoms with Crippen LogP contribution in [-0.4, -0.2) is 23.0 Å². The fourth-order valence-electron chi connectivity index (χ4n) is 3.25. The van der Waals surface area contributed by atoms with Crippen molar-refractivity contribution in [3.8, 4) is 5.75 Å². The van der Waals surface area contributed by atoms with Crippen LogP contribution < -0.4 is 5.43 Å². The van der Waals surface area contributed by atoms with Crippen LogP contribution in [0.2, 0.25) is 0 Å². The number of aryl methyl sites for hydroxylation is 1. The maximum atomic E-state index is 13.0. The van der Waals surface area contributed by atoms with E-state index < -0.39 is 6.04 Å². The summed E-state index contributed by atoms with van der Waals surface area (Å²) < 4.78 is 5.76. The first-order valence-corrected chi connectivity index (χ1v) is 7.61. The molecule has 1 aliphatic heterocycles. The van der Waals surface area contributed by atoms with E-state index in [0.717, 1.165) is 11.1 Å². The van der Waals surface area contributed by atoms with E-state index in [-0.39, 0.29) is 22.8 Å². The Kier molecular flexibility index (Phi) is 3.00. The quantitative estimate of drug-likeness (QED) is 0.748. The number of aromatic hydroxyl groups is 1. The molecular weight excluding hydrogens is 306 g/mol. The lowest BCUT2D eigenvalue weighted by Gasteiger charge is -2.20. The Morgan fingerprint density at radius 2 is 1.79 bits per heavy atom. The Bertz CT molecular complexity index is 1030. The number of benzene rings is 2. The summed E-state index contributed by atoms with van der Waals surface area (Å²) in [6, 6.07) is 11.3. The third-order valence-electron chi connectivity index (χ3n) is 4.47. The maximum Gasteiger partial charge on any atom is 0.290 e. The van der Waals surface area contributed by atoms with Crippen LogP contribution in [0.1, 0.15) is 33.3 Å². The van der Waals surface area contributed by atoms with Gasteiger partial charge in [0.2, 0.25) is 5.76 Å². The summed E-state index contributed by atoms with van der Waals surface area (Å²) in [5.41, 5.74) is 2.28. The number of nitrogens with zero attached hydrogens (tertiary/aromatic N) is 1. The van der Waals surface area contributed by atoms with Gasteiger partial charge in [0.05, 0.1) is 17.0 Å². The molecule has 1 atom stereocenters. The summed E-state index contributed by atoms with van der Waals surface area (Å²) in [5.74, 6) is -0.0910. The van der Waals surface area contributed by atoms with Crippen LogP contribution in [0.15, 0.2) is 51.7 Å². The highest BCUT2D eigenvalue weighted by atomic mass is 16.3. The summed E-state index contributed by atoms with van der Waals surface area (Å²) in [6.07, 6.45) is 0. The molecule has 1 aliphatic rings. The lowest BCUT2D eigenvalue weighted by molar-refractivity contribution is 0.0771. The molecule has 1 unspecified atom stereocenters. The van der Waals surface area contributed by atoms with Gasteiger partial charge in [0.15, 0.2) is 5.43 Å². The highest BCUT2D eigenvalue weighted by molar-refractivity contribution is 5.98. The number of hydrogen-bond donors (Lipinski definition) is 1. The monoisotopic (exact) mass is 321 g/mol. The Labute approximate surface area is 137 Å². The Morgan fingerprint density at radius 3 is 2.50 bits per heavy atom. The maximum absolute atomic E-state index is 13.0. The van der Waals surface area contributed by atoms with E-state index in [1.807, 2.05) is 13.0 Å². The van der Waals surface area contributed by atoms with E-state index in [1.165, 1.54) is 4.90 Å². The lowest BCUT2D eigenvalue weighted by Crippen LogP contribution is -2.25. The number of carbonyl (C=O) groups excluding carboxylic acids is 1. The minimum atomic E-state index is -0.519. The summed E-state index contributed by atoms with van der Waals surface area (Å²) in [7, 11) is 1.64. The van der Waals surface area contributed by atoms with Crippen molar-refractivity contribution in [3.63, 3.8) is 0 Å². The lowest BCUT2D eigenvalue weighted by atomic mass is 9.98. The number of phenols is 1. The molecule has 0 bridgehead atoms. The van der Waals surface area contributed by atoms with Gasteiger partial charge in [-0.15, -0.1) is 0 Å². The van der Waals surface area contributed by atoms with Gasteiger partial charge in [-0.05, 0) is 36.8 Å². The van der Waals surface area contributed by atoms with E-state index in [4.69, 9.17) is 4.42 Å². The molecule has 2 heterocycles. The molecule has 2 aromatic carbocycles. The highest BCUT2D eigenvalue weighted by Crippen LogP contribution is 2.37. The highest BCUT2D eigenvalue weighted by Gasteiger charge is 2.40. The van der Waals surface area contributed by atoms with Crippen molar-refractivity contribution in [1.82, 2.24) is 4.90 Å². The minimum Gasteiger partial charge on any atom is -0.508 e. The zero-order valence-electron chi connectivity index (χ0n) is 13.2. The molecule has 0 spiro atoms. The average molecular weight is 321 g/mol. The molecule has 1 amide bonds. The Balaban J connectivity index is 2.03. The third kappa shape index (κ3) is 1.94. The smallest absolute Gasteiger partial charge is 0.290 e. The standard InChI is InChI=1S/C19H15NO4/c1-10-3-8-14-13(9-10)17(22)15-16(11-4-6-12(21)7-5-11)20(2)19(23)18(15)24-14/h3-9,16,21H,1-2H3. The van der Waals surface area contributed by atoms with E-state index >= 15 is 0 Å². The molecule has 0 saturated heterocycles. The van der Waals surface area contributed by atoms with E-state index in [2.05, 4.69) is 0 Å². The largest absolute Gasteiger partial charge is 0.508 e. The number of phenolic OH excluding ortho intramolecular Hbond substituents is 1. The fourth-order valence-corrected chi connectivity index (χ4v) is 3.25. The number of rotatable bonds is 1. The fraction of sp³-hybridized carbons (Fsp3) is 0.158. The summed E-state index contributed by atoms with van der Waals surface area (Å²) in [4.78, 5) is 27.1. The van der Waals surface area contributed by atoms with Gasteiger partial charge in [0, 0.05) is 7.05 Å². The van der Waals surface area contributed by atoms with Crippen molar-refractivity contribution >= 4 is 16.9 Å². The van der Waals surface area contributed by atoms with Crippen molar-refractivity contribution in [2.75, 3.05) is 7.05 Å². The van der Waals surface area contributed by atoms with Crippen molar-refractivity contribution in [1.29, 1.82) is 0 Å². The summed E-state index contributed by atoms with van der Waals surface area (Å²) >= 11 is 0. The van der Waals surface area contributed by atoms with Crippen molar-refractivity contribution in [2.45, 2.75) is 13.0 Å². The van der Waals surface area contributed by atoms with Crippen LogP contribution in [0.25, 0.3) is 11.0 Å². The van der Waals surface area contributed by atoms with Crippen LogP contribution in [-0.2, 0) is 0 Å². The zero-order chi connectivity index (χ0) is 17.0. The molecule has 120 valence electrons. The molecule has 5 nitrogen and oxygen atoms in total. The van der Waals surface area contributed by atoms with Gasteiger partial charge >= 0.3 is 0 Å². The summed E-state index contributed by atoms with van der Waals surface area (Å²) in [5, 5.41) is 9.95. The van der Waals surface area contributed by atoms with Gasteiger partial charge in [-0.2, -0.15) is 0 Å². The topological polar surface area (TPSA) is 70.8 Å². The second-order valence-electron chi connectivity index (χ2n) is 6.08. The van der Waals surface area contributed by atoms with Crippen molar-refractivity contribution in [2.24, 2.45) is 0 Å². The number of amides is 1. The normalized spacial score (nSPS) is 16.7. The number of hydrogen-bond acceptors (Lipinski definition) is 4. The first kappa shape index (κ1) is 14.5. The molecule has 0 saturated carbocycles. The molecule has 3 aromatic rings. The van der Waals surface area contributed by atoms with Crippen molar-refractivity contribution in [3.05, 3.63) is 75.1 Å². The van der Waals surface area contributed by atoms with Gasteiger partial charge in [0.25, 0.3) is 5.91 Å². The van der Waals surface area contributed by atoms with Gasteiger partial charge in [0.1, 0.15) is 11.3 Å². The van der Waals surface area contributed by atoms with Crippen LogP contribution >= 0.6 is 0 Å². The third-order valence-corrected chi connectivity index (χ3v) is 4.47. The molecule has 1 aromatic heterocycles. The molecule has 24 heavy (non-hydrogen) atoms. The summed E-state index contributed by atoms with van der Waals surface area (Å²) in [6.45, 7) is 1.90. The van der Waals surface area contributed by atoms with Gasteiger partial charge in [-0.1, -0.05) is 23.8 Å². The molecule has 5 heteroatoms. The first-order chi connectivity index (χ1) is 11.5. The average Bonchev–Trinajstić information content (AvgIpc) is 2.82. The van der Waals surface area contributed by atoms with Crippen LogP contribution in [0, 0.1) is 6.92 Å². The van der Waals surface area contributed by atoms with Crippen LogP contribution in [0.5, 0.6) is 5.75 Å². The minimum absolute atomic E-state index is 0.0944. The second kappa shape index (κ2) is 4.96. The molecule has 4 rings (SSSR count). The first-order valence-electron chi connectivity index (χ1n) is 7.61. The Morgan fingerprint density at radius 1 is 1.08 bits per heavy atom. The van der Waals surface area contributed by atoms with Gasteiger partial charge in [-0.25, -0.2) is 0 Å². The Hall–Kier alpha value is -3.08. The van der Waals surface area contributed by atoms with Crippen LogP contribution in [0.4, 0.5) is 0 Å². The molecular formula is C19H15NO4. The van der Waals surface area contributed by atoms with Crippen molar-refractivity contribution < 1.29 is 14.3 Å².